The van der Waals surface area contributed by atoms with E-state index in [1.807, 2.05) is 38.1 Å². The highest BCUT2D eigenvalue weighted by Gasteiger charge is 2.05. The van der Waals surface area contributed by atoms with Gasteiger partial charge in [0.25, 0.3) is 0 Å². The van der Waals surface area contributed by atoms with Crippen molar-refractivity contribution >= 4 is 11.9 Å². The molecule has 0 spiro atoms. The number of aryl methyl sites for hydroxylation is 2. The van der Waals surface area contributed by atoms with Gasteiger partial charge >= 0.3 is 11.9 Å². The second-order valence-corrected chi connectivity index (χ2v) is 6.73. The van der Waals surface area contributed by atoms with Crippen molar-refractivity contribution in [3.05, 3.63) is 95.1 Å². The van der Waals surface area contributed by atoms with E-state index in [-0.39, 0.29) is 31.9 Å². The first-order valence-electron chi connectivity index (χ1n) is 9.99. The highest BCUT2D eigenvalue weighted by Crippen LogP contribution is 2.05. The minimum Gasteiger partial charge on any atom is -0.458 e. The quantitative estimate of drug-likeness (QED) is 0.217. The van der Waals surface area contributed by atoms with E-state index in [1.165, 1.54) is 0 Å². The standard InChI is InChI=1S/C25H28O6/c1-20-7-11-22(12-8-20)24(26)30-17-5-3-15-28-19-29-16-4-6-18-31-25(27)23-13-9-21(2)10-14-23/h3-14H,15-19H2,1-2H3/b5-3+,6-4+. The van der Waals surface area contributed by atoms with Gasteiger partial charge in [0, 0.05) is 0 Å². The third-order valence-electron chi connectivity index (χ3n) is 4.12. The summed E-state index contributed by atoms with van der Waals surface area (Å²) >= 11 is 0. The van der Waals surface area contributed by atoms with Gasteiger partial charge in [-0.2, -0.15) is 0 Å². The summed E-state index contributed by atoms with van der Waals surface area (Å²) < 4.78 is 20.9. The largest absolute Gasteiger partial charge is 0.458 e. The highest BCUT2D eigenvalue weighted by atomic mass is 16.7. The number of carbonyl (C=O) groups is 2. The fraction of sp³-hybridized carbons (Fsp3) is 0.280. The summed E-state index contributed by atoms with van der Waals surface area (Å²) in [6.45, 7) is 5.10. The molecule has 0 aliphatic rings. The van der Waals surface area contributed by atoms with Crippen LogP contribution in [0.4, 0.5) is 0 Å². The van der Waals surface area contributed by atoms with Crippen molar-refractivity contribution in [1.29, 1.82) is 0 Å². The molecule has 0 saturated heterocycles. The summed E-state index contributed by atoms with van der Waals surface area (Å²) in [5, 5.41) is 0. The van der Waals surface area contributed by atoms with Crippen LogP contribution >= 0.6 is 0 Å². The number of ether oxygens (including phenoxy) is 4. The van der Waals surface area contributed by atoms with Gasteiger partial charge in [-0.1, -0.05) is 47.5 Å². The SMILES string of the molecule is Cc1ccc(C(=O)OC/C=C/COCOC/C=C/COC(=O)c2ccc(C)cc2)cc1. The first-order valence-corrected chi connectivity index (χ1v) is 9.99. The number of rotatable bonds is 12. The second kappa shape index (κ2) is 13.9. The Kier molecular flexibility index (Phi) is 10.8. The lowest BCUT2D eigenvalue weighted by molar-refractivity contribution is -0.0333. The van der Waals surface area contributed by atoms with Gasteiger partial charge in [-0.15, -0.1) is 0 Å². The van der Waals surface area contributed by atoms with Crippen LogP contribution < -0.4 is 0 Å². The molecule has 0 amide bonds. The molecule has 6 heteroatoms. The van der Waals surface area contributed by atoms with Crippen LogP contribution in [0.25, 0.3) is 0 Å². The molecule has 2 aromatic carbocycles. The van der Waals surface area contributed by atoms with Crippen molar-refractivity contribution < 1.29 is 28.5 Å². The van der Waals surface area contributed by atoms with E-state index in [1.54, 1.807) is 48.6 Å². The molecule has 0 aliphatic carbocycles. The third kappa shape index (κ3) is 9.89. The van der Waals surface area contributed by atoms with E-state index >= 15 is 0 Å². The minimum absolute atomic E-state index is 0.126. The molecule has 0 fully saturated rings. The van der Waals surface area contributed by atoms with E-state index in [0.29, 0.717) is 24.3 Å². The molecule has 6 nitrogen and oxygen atoms in total. The monoisotopic (exact) mass is 424 g/mol. The Labute approximate surface area is 183 Å². The maximum atomic E-state index is 11.8. The van der Waals surface area contributed by atoms with Gasteiger partial charge in [0.1, 0.15) is 20.0 Å². The molecule has 0 aromatic heterocycles. The summed E-state index contributed by atoms with van der Waals surface area (Å²) in [4.78, 5) is 23.6. The molecule has 0 aliphatic heterocycles. The zero-order valence-corrected chi connectivity index (χ0v) is 17.9. The second-order valence-electron chi connectivity index (χ2n) is 6.73. The minimum atomic E-state index is -0.356. The van der Waals surface area contributed by atoms with E-state index in [9.17, 15) is 9.59 Å². The van der Waals surface area contributed by atoms with Gasteiger partial charge in [0.15, 0.2) is 0 Å². The lowest BCUT2D eigenvalue weighted by Gasteiger charge is -2.03. The molecule has 0 atom stereocenters. The fourth-order valence-corrected chi connectivity index (χ4v) is 2.36. The zero-order chi connectivity index (χ0) is 22.3. The van der Waals surface area contributed by atoms with E-state index < -0.39 is 0 Å². The van der Waals surface area contributed by atoms with Crippen molar-refractivity contribution in [2.24, 2.45) is 0 Å². The predicted molar refractivity (Wildman–Crippen MR) is 118 cm³/mol. The maximum Gasteiger partial charge on any atom is 0.338 e. The van der Waals surface area contributed by atoms with Crippen molar-refractivity contribution in [2.45, 2.75) is 13.8 Å². The molecule has 164 valence electrons. The first-order chi connectivity index (χ1) is 15.1. The molecule has 0 saturated carbocycles. The third-order valence-corrected chi connectivity index (χ3v) is 4.12. The fourth-order valence-electron chi connectivity index (χ4n) is 2.36. The highest BCUT2D eigenvalue weighted by molar-refractivity contribution is 5.89. The molecular weight excluding hydrogens is 396 g/mol. The van der Waals surface area contributed by atoms with Crippen LogP contribution in [-0.4, -0.2) is 45.2 Å². The van der Waals surface area contributed by atoms with Crippen LogP contribution in [0.5, 0.6) is 0 Å². The van der Waals surface area contributed by atoms with Crippen LogP contribution in [-0.2, 0) is 18.9 Å². The Bertz CT molecular complexity index is 792. The zero-order valence-electron chi connectivity index (χ0n) is 17.9. The number of benzene rings is 2. The van der Waals surface area contributed by atoms with Crippen LogP contribution in [0.3, 0.4) is 0 Å². The Morgan fingerprint density at radius 1 is 0.613 bits per heavy atom. The van der Waals surface area contributed by atoms with Gasteiger partial charge in [-0.25, -0.2) is 9.59 Å². The lowest BCUT2D eigenvalue weighted by atomic mass is 10.1. The van der Waals surface area contributed by atoms with Crippen LogP contribution in [0, 0.1) is 13.8 Å². The summed E-state index contributed by atoms with van der Waals surface area (Å²) in [5.74, 6) is -0.713. The van der Waals surface area contributed by atoms with Crippen molar-refractivity contribution in [2.75, 3.05) is 33.2 Å². The molecule has 0 bridgehead atoms. The summed E-state index contributed by atoms with van der Waals surface area (Å²) in [7, 11) is 0. The Balaban J connectivity index is 1.45. The van der Waals surface area contributed by atoms with Crippen molar-refractivity contribution in [1.82, 2.24) is 0 Å². The summed E-state index contributed by atoms with van der Waals surface area (Å²) in [6.07, 6.45) is 6.95. The maximum absolute atomic E-state index is 11.8. The van der Waals surface area contributed by atoms with Crippen LogP contribution in [0.15, 0.2) is 72.8 Å². The molecular formula is C25H28O6. The van der Waals surface area contributed by atoms with Crippen LogP contribution in [0.1, 0.15) is 31.8 Å². The molecule has 2 aromatic rings. The molecule has 0 unspecified atom stereocenters. The Hall–Kier alpha value is -3.22. The summed E-state index contributed by atoms with van der Waals surface area (Å²) in [6, 6.07) is 14.4. The predicted octanol–water partition coefficient (Wildman–Crippen LogP) is 4.42. The number of hydrogen-bond donors (Lipinski definition) is 0. The number of esters is 2. The molecule has 0 N–H and O–H groups in total. The van der Waals surface area contributed by atoms with Gasteiger partial charge in [0.05, 0.1) is 24.3 Å². The first kappa shape index (κ1) is 24.1. The van der Waals surface area contributed by atoms with Gasteiger partial charge in [0.2, 0.25) is 0 Å². The molecule has 0 heterocycles. The molecule has 0 radical (unpaired) electrons. The average Bonchev–Trinajstić information content (AvgIpc) is 2.77. The van der Waals surface area contributed by atoms with Gasteiger partial charge in [-0.05, 0) is 50.3 Å². The van der Waals surface area contributed by atoms with Gasteiger partial charge < -0.3 is 18.9 Å². The number of carbonyl (C=O) groups excluding carboxylic acids is 2. The Morgan fingerprint density at radius 2 is 0.968 bits per heavy atom. The normalized spacial score (nSPS) is 11.2. The molecule has 31 heavy (non-hydrogen) atoms. The lowest BCUT2D eigenvalue weighted by Crippen LogP contribution is -2.05. The van der Waals surface area contributed by atoms with Crippen molar-refractivity contribution in [3.63, 3.8) is 0 Å². The molecule has 2 rings (SSSR count). The van der Waals surface area contributed by atoms with E-state index in [2.05, 4.69) is 0 Å². The Morgan fingerprint density at radius 3 is 1.35 bits per heavy atom. The average molecular weight is 424 g/mol. The van der Waals surface area contributed by atoms with Crippen molar-refractivity contribution in [3.8, 4) is 0 Å². The summed E-state index contributed by atoms with van der Waals surface area (Å²) in [5.41, 5.74) is 3.24. The number of hydrogen-bond acceptors (Lipinski definition) is 6. The smallest absolute Gasteiger partial charge is 0.338 e. The van der Waals surface area contributed by atoms with E-state index in [0.717, 1.165) is 11.1 Å². The van der Waals surface area contributed by atoms with Gasteiger partial charge in [-0.3, -0.25) is 0 Å². The van der Waals surface area contributed by atoms with E-state index in [4.69, 9.17) is 18.9 Å². The van der Waals surface area contributed by atoms with Crippen LogP contribution in [0.2, 0.25) is 0 Å². The topological polar surface area (TPSA) is 71.1 Å².